The van der Waals surface area contributed by atoms with Gasteiger partial charge in [-0.2, -0.15) is 13.2 Å². The lowest BCUT2D eigenvalue weighted by molar-refractivity contribution is -0.137. The van der Waals surface area contributed by atoms with E-state index >= 15 is 0 Å². The maximum atomic E-state index is 14.1. The summed E-state index contributed by atoms with van der Waals surface area (Å²) in [6.07, 6.45) is -1.66. The zero-order valence-electron chi connectivity index (χ0n) is 18.5. The van der Waals surface area contributed by atoms with Crippen molar-refractivity contribution in [2.75, 3.05) is 0 Å². The fourth-order valence-corrected chi connectivity index (χ4v) is 4.34. The molecular weight excluding hydrogens is 486 g/mol. The first-order valence-corrected chi connectivity index (χ1v) is 11.1. The number of rotatable bonds is 6. The number of aromatic carboxylic acids is 1. The topological polar surface area (TPSA) is 59.4 Å². The summed E-state index contributed by atoms with van der Waals surface area (Å²) in [6, 6.07) is 8.98. The summed E-state index contributed by atoms with van der Waals surface area (Å²) in [6.45, 7) is 1.37. The molecule has 1 N–H and O–H groups in total. The Kier molecular flexibility index (Phi) is 6.85. The smallest absolute Gasteiger partial charge is 0.417 e. The van der Waals surface area contributed by atoms with Gasteiger partial charge in [0, 0.05) is 16.8 Å². The van der Waals surface area contributed by atoms with Gasteiger partial charge in [-0.1, -0.05) is 17.7 Å². The van der Waals surface area contributed by atoms with Crippen molar-refractivity contribution in [1.29, 1.82) is 0 Å². The Morgan fingerprint density at radius 1 is 1.11 bits per heavy atom. The molecule has 182 valence electrons. The molecule has 0 amide bonds. The first-order valence-electron chi connectivity index (χ1n) is 10.8. The zero-order chi connectivity index (χ0) is 25.3. The van der Waals surface area contributed by atoms with E-state index < -0.39 is 23.5 Å². The van der Waals surface area contributed by atoms with Crippen molar-refractivity contribution in [3.05, 3.63) is 93.0 Å². The van der Waals surface area contributed by atoms with Crippen LogP contribution in [0.3, 0.4) is 0 Å². The van der Waals surface area contributed by atoms with Crippen LogP contribution in [-0.4, -0.2) is 16.1 Å². The van der Waals surface area contributed by atoms with E-state index in [1.807, 2.05) is 0 Å². The largest absolute Gasteiger partial charge is 0.489 e. The number of carboxylic acids is 1. The summed E-state index contributed by atoms with van der Waals surface area (Å²) in [5.74, 6) is -1.58. The third-order valence-electron chi connectivity index (χ3n) is 5.91. The number of hydrogen-bond acceptors (Lipinski definition) is 3. The van der Waals surface area contributed by atoms with E-state index in [-0.39, 0.29) is 34.1 Å². The fraction of sp³-hybridized carbons (Fsp3) is 0.231. The van der Waals surface area contributed by atoms with Crippen molar-refractivity contribution in [2.45, 2.75) is 39.0 Å². The van der Waals surface area contributed by atoms with Crippen molar-refractivity contribution in [3.8, 4) is 5.75 Å². The van der Waals surface area contributed by atoms with Gasteiger partial charge in [0.05, 0.1) is 16.8 Å². The highest BCUT2D eigenvalue weighted by atomic mass is 35.5. The molecule has 0 spiro atoms. The Bertz CT molecular complexity index is 1330. The van der Waals surface area contributed by atoms with E-state index in [4.69, 9.17) is 16.3 Å². The number of aryl methyl sites for hydroxylation is 1. The average molecular weight is 506 g/mol. The summed E-state index contributed by atoms with van der Waals surface area (Å²) in [5.41, 5.74) is 1.22. The quantitative estimate of drug-likeness (QED) is 0.351. The second-order valence-electron chi connectivity index (χ2n) is 8.20. The number of benzene rings is 2. The predicted octanol–water partition coefficient (Wildman–Crippen LogP) is 7.57. The van der Waals surface area contributed by atoms with Gasteiger partial charge in [-0.05, 0) is 84.9 Å². The molecule has 0 saturated carbocycles. The zero-order valence-corrected chi connectivity index (χ0v) is 19.3. The second-order valence-corrected chi connectivity index (χ2v) is 8.64. The molecule has 0 fully saturated rings. The van der Waals surface area contributed by atoms with Gasteiger partial charge in [0.15, 0.2) is 0 Å². The molecule has 1 aromatic heterocycles. The van der Waals surface area contributed by atoms with Crippen molar-refractivity contribution >= 4 is 28.7 Å². The Morgan fingerprint density at radius 3 is 2.54 bits per heavy atom. The van der Waals surface area contributed by atoms with Crippen LogP contribution in [-0.2, 0) is 12.8 Å². The molecule has 3 aromatic rings. The Labute approximate surface area is 203 Å². The monoisotopic (exact) mass is 505 g/mol. The molecule has 9 heteroatoms. The molecule has 4 nitrogen and oxygen atoms in total. The van der Waals surface area contributed by atoms with Crippen LogP contribution in [0.25, 0.3) is 11.1 Å². The van der Waals surface area contributed by atoms with E-state index in [1.165, 1.54) is 36.5 Å². The highest BCUT2D eigenvalue weighted by Gasteiger charge is 2.35. The average Bonchev–Trinajstić information content (AvgIpc) is 3.27. The first kappa shape index (κ1) is 24.7. The molecule has 0 radical (unpaired) electrons. The molecular formula is C26H20ClF4NO3. The van der Waals surface area contributed by atoms with Crippen LogP contribution in [0.4, 0.5) is 17.6 Å². The van der Waals surface area contributed by atoms with Crippen LogP contribution in [0, 0.1) is 12.7 Å². The van der Waals surface area contributed by atoms with Gasteiger partial charge in [0.1, 0.15) is 18.2 Å². The number of halogens is 5. The molecule has 0 unspecified atom stereocenters. The normalized spacial score (nSPS) is 13.9. The highest BCUT2D eigenvalue weighted by molar-refractivity contribution is 6.30. The molecule has 4 rings (SSSR count). The summed E-state index contributed by atoms with van der Waals surface area (Å²) < 4.78 is 61.4. The number of pyridine rings is 1. The van der Waals surface area contributed by atoms with Crippen molar-refractivity contribution < 1.29 is 32.2 Å². The summed E-state index contributed by atoms with van der Waals surface area (Å²) >= 11 is 5.76. The lowest BCUT2D eigenvalue weighted by atomic mass is 9.93. The molecule has 0 saturated heterocycles. The van der Waals surface area contributed by atoms with Gasteiger partial charge in [-0.15, -0.1) is 0 Å². The minimum absolute atomic E-state index is 0.000583. The van der Waals surface area contributed by atoms with Gasteiger partial charge in [0.2, 0.25) is 0 Å². The van der Waals surface area contributed by atoms with Gasteiger partial charge in [0.25, 0.3) is 0 Å². The van der Waals surface area contributed by atoms with E-state index in [9.17, 15) is 27.5 Å². The van der Waals surface area contributed by atoms with Crippen molar-refractivity contribution in [1.82, 2.24) is 4.98 Å². The molecule has 2 aromatic carbocycles. The molecule has 1 heterocycles. The van der Waals surface area contributed by atoms with Crippen LogP contribution >= 0.6 is 11.6 Å². The molecule has 35 heavy (non-hydrogen) atoms. The number of hydrogen-bond donors (Lipinski definition) is 1. The number of carboxylic acid groups (broad SMARTS) is 1. The summed E-state index contributed by atoms with van der Waals surface area (Å²) in [7, 11) is 0. The lowest BCUT2D eigenvalue weighted by Gasteiger charge is -2.18. The third kappa shape index (κ3) is 5.32. The number of ether oxygens (including phenoxy) is 1. The van der Waals surface area contributed by atoms with Gasteiger partial charge in [-0.25, -0.2) is 9.18 Å². The molecule has 0 bridgehead atoms. The Hall–Kier alpha value is -3.39. The number of carbonyl (C=O) groups is 1. The van der Waals surface area contributed by atoms with Crippen LogP contribution in [0.1, 0.15) is 57.6 Å². The van der Waals surface area contributed by atoms with Crippen LogP contribution in [0.15, 0.2) is 48.7 Å². The summed E-state index contributed by atoms with van der Waals surface area (Å²) in [4.78, 5) is 15.7. The van der Waals surface area contributed by atoms with Crippen LogP contribution in [0.2, 0.25) is 5.02 Å². The van der Waals surface area contributed by atoms with Gasteiger partial charge in [-0.3, -0.25) is 4.98 Å². The minimum atomic E-state index is -4.62. The second kappa shape index (κ2) is 9.70. The van der Waals surface area contributed by atoms with E-state index in [1.54, 1.807) is 6.92 Å². The first-order chi connectivity index (χ1) is 16.5. The maximum absolute atomic E-state index is 14.1. The minimum Gasteiger partial charge on any atom is -0.489 e. The Balaban J connectivity index is 1.76. The van der Waals surface area contributed by atoms with Crippen LogP contribution < -0.4 is 4.74 Å². The van der Waals surface area contributed by atoms with E-state index in [2.05, 4.69) is 4.98 Å². The third-order valence-corrected chi connectivity index (χ3v) is 6.15. The van der Waals surface area contributed by atoms with Gasteiger partial charge >= 0.3 is 12.1 Å². The predicted molar refractivity (Wildman–Crippen MR) is 124 cm³/mol. The Morgan fingerprint density at radius 2 is 1.86 bits per heavy atom. The molecule has 1 aliphatic rings. The van der Waals surface area contributed by atoms with E-state index in [0.29, 0.717) is 41.7 Å². The van der Waals surface area contributed by atoms with Crippen LogP contribution in [0.5, 0.6) is 5.75 Å². The van der Waals surface area contributed by atoms with E-state index in [0.717, 1.165) is 12.1 Å². The number of allylic oxidation sites excluding steroid dienone is 2. The van der Waals surface area contributed by atoms with Gasteiger partial charge < -0.3 is 9.84 Å². The highest BCUT2D eigenvalue weighted by Crippen LogP contribution is 2.45. The maximum Gasteiger partial charge on any atom is 0.417 e. The van der Waals surface area contributed by atoms with Crippen molar-refractivity contribution in [2.24, 2.45) is 0 Å². The lowest BCUT2D eigenvalue weighted by Crippen LogP contribution is -2.10. The SMILES string of the molecule is Cc1ncc(C2=C(c3cc(OCc4ccc(Cl)cc4F)ccc3C(F)(F)F)CCC2)cc1C(=O)O. The van der Waals surface area contributed by atoms with Crippen molar-refractivity contribution in [3.63, 3.8) is 0 Å². The standard InChI is InChI=1S/C26H20ClF4NO3/c1-14-21(25(33)34)9-16(12-32-14)19-3-2-4-20(19)22-11-18(7-8-23(22)26(29,30)31)35-13-15-5-6-17(27)10-24(15)28/h5-12H,2-4,13H2,1H3,(H,33,34). The molecule has 0 atom stereocenters. The number of nitrogens with zero attached hydrogens (tertiary/aromatic N) is 1. The fourth-order valence-electron chi connectivity index (χ4n) is 4.18. The number of alkyl halides is 3. The summed E-state index contributed by atoms with van der Waals surface area (Å²) in [5, 5.41) is 9.66. The number of aromatic nitrogens is 1. The molecule has 1 aliphatic carbocycles. The molecule has 0 aliphatic heterocycles.